The maximum Gasteiger partial charge on any atom is 0.138 e. The van der Waals surface area contributed by atoms with Crippen LogP contribution in [0.5, 0.6) is 0 Å². The summed E-state index contributed by atoms with van der Waals surface area (Å²) in [5.41, 5.74) is 0.867. The van der Waals surface area contributed by atoms with Crippen molar-refractivity contribution in [2.24, 2.45) is 39.9 Å². The molecule has 0 saturated heterocycles. The van der Waals surface area contributed by atoms with E-state index in [1.54, 1.807) is 0 Å². The summed E-state index contributed by atoms with van der Waals surface area (Å²) in [6, 6.07) is 0. The van der Waals surface area contributed by atoms with Gasteiger partial charge in [-0.2, -0.15) is 0 Å². The molecule has 0 N–H and O–H groups in total. The quantitative estimate of drug-likeness (QED) is 0.726. The second-order valence-corrected chi connectivity index (χ2v) is 10.1. The molecule has 0 aliphatic heterocycles. The van der Waals surface area contributed by atoms with Gasteiger partial charge in [0.1, 0.15) is 5.78 Å². The van der Waals surface area contributed by atoms with Crippen molar-refractivity contribution in [2.75, 3.05) is 13.7 Å². The summed E-state index contributed by atoms with van der Waals surface area (Å²) in [4.78, 5) is 12.6. The summed E-state index contributed by atoms with van der Waals surface area (Å²) in [5.74, 6) is 3.67. The van der Waals surface area contributed by atoms with Crippen LogP contribution in [0.4, 0.5) is 0 Å². The second-order valence-electron chi connectivity index (χ2n) is 10.1. The Kier molecular flexibility index (Phi) is 3.55. The van der Waals surface area contributed by atoms with Gasteiger partial charge in [0.05, 0.1) is 0 Å². The molecule has 4 fully saturated rings. The van der Waals surface area contributed by atoms with E-state index in [0.29, 0.717) is 22.5 Å². The lowest BCUT2D eigenvalue weighted by atomic mass is 9.41. The maximum absolute atomic E-state index is 12.6. The number of rotatable bonds is 2. The lowest BCUT2D eigenvalue weighted by molar-refractivity contribution is -0.165. The molecule has 2 heteroatoms. The zero-order chi connectivity index (χ0) is 16.5. The fourth-order valence-electron chi connectivity index (χ4n) is 8.02. The minimum Gasteiger partial charge on any atom is -0.384 e. The summed E-state index contributed by atoms with van der Waals surface area (Å²) in [6.07, 6.45) is 10.3. The van der Waals surface area contributed by atoms with Gasteiger partial charge < -0.3 is 4.74 Å². The summed E-state index contributed by atoms with van der Waals surface area (Å²) in [7, 11) is 1.87. The van der Waals surface area contributed by atoms with Gasteiger partial charge >= 0.3 is 0 Å². The summed E-state index contributed by atoms with van der Waals surface area (Å²) >= 11 is 0. The molecule has 2 nitrogen and oxygen atoms in total. The van der Waals surface area contributed by atoms with Crippen LogP contribution in [0.25, 0.3) is 0 Å². The highest BCUT2D eigenvalue weighted by Crippen LogP contribution is 2.71. The average molecular weight is 319 g/mol. The Morgan fingerprint density at radius 2 is 1.83 bits per heavy atom. The number of hydrogen-bond donors (Lipinski definition) is 0. The largest absolute Gasteiger partial charge is 0.384 e. The van der Waals surface area contributed by atoms with Gasteiger partial charge in [0, 0.05) is 25.6 Å². The SMILES string of the molecule is COC[C@H]1C[C@@]23CC[C@@H]4C(C)(C)C(=O)CC[C@@]4(C)[C@@H]2CC[C@@H]1C3. The van der Waals surface area contributed by atoms with Crippen molar-refractivity contribution in [3.05, 3.63) is 0 Å². The van der Waals surface area contributed by atoms with Crippen molar-refractivity contribution in [3.8, 4) is 0 Å². The van der Waals surface area contributed by atoms with Gasteiger partial charge in [0.25, 0.3) is 0 Å². The van der Waals surface area contributed by atoms with Crippen LogP contribution in [0.3, 0.4) is 0 Å². The van der Waals surface area contributed by atoms with Crippen LogP contribution in [0, 0.1) is 39.9 Å². The molecular weight excluding hydrogens is 284 g/mol. The van der Waals surface area contributed by atoms with Crippen LogP contribution in [0.2, 0.25) is 0 Å². The minimum atomic E-state index is -0.101. The average Bonchev–Trinajstić information content (AvgIpc) is 2.75. The Labute approximate surface area is 141 Å². The van der Waals surface area contributed by atoms with E-state index in [1.807, 2.05) is 7.11 Å². The highest BCUT2D eigenvalue weighted by Gasteiger charge is 2.65. The molecule has 1 spiro atoms. The van der Waals surface area contributed by atoms with E-state index in [1.165, 1.54) is 38.5 Å². The Morgan fingerprint density at radius 1 is 1.04 bits per heavy atom. The van der Waals surface area contributed by atoms with Gasteiger partial charge in [-0.15, -0.1) is 0 Å². The standard InChI is InChI=1S/C21H34O2/c1-19(2)16-7-10-21-11-14(15(12-21)13-23-4)5-6-17(21)20(16,3)9-8-18(19)22/h14-17H,5-13H2,1-4H3/t14-,15-,16-,17+,20-,21+/m1/s1. The Balaban J connectivity index is 1.67. The molecular formula is C21H34O2. The molecule has 6 atom stereocenters. The van der Waals surface area contributed by atoms with Gasteiger partial charge in [0.2, 0.25) is 0 Å². The van der Waals surface area contributed by atoms with E-state index >= 15 is 0 Å². The zero-order valence-corrected chi connectivity index (χ0v) is 15.5. The van der Waals surface area contributed by atoms with Crippen LogP contribution in [0.1, 0.15) is 72.1 Å². The van der Waals surface area contributed by atoms with Gasteiger partial charge in [0.15, 0.2) is 0 Å². The predicted molar refractivity (Wildman–Crippen MR) is 92.1 cm³/mol. The van der Waals surface area contributed by atoms with Crippen molar-refractivity contribution < 1.29 is 9.53 Å². The van der Waals surface area contributed by atoms with Gasteiger partial charge in [-0.1, -0.05) is 20.8 Å². The molecule has 0 heterocycles. The van der Waals surface area contributed by atoms with E-state index in [9.17, 15) is 4.79 Å². The molecule has 2 bridgehead atoms. The summed E-state index contributed by atoms with van der Waals surface area (Å²) in [5, 5.41) is 0. The van der Waals surface area contributed by atoms with E-state index in [-0.39, 0.29) is 5.41 Å². The number of methoxy groups -OCH3 is 1. The highest BCUT2D eigenvalue weighted by atomic mass is 16.5. The number of ether oxygens (including phenoxy) is 1. The number of Topliss-reactive ketones (excluding diaryl/α,β-unsaturated/α-hetero) is 1. The van der Waals surface area contributed by atoms with E-state index in [4.69, 9.17) is 4.74 Å². The minimum absolute atomic E-state index is 0.101. The normalized spacial score (nSPS) is 51.2. The van der Waals surface area contributed by atoms with Crippen molar-refractivity contribution in [3.63, 3.8) is 0 Å². The third-order valence-corrected chi connectivity index (χ3v) is 8.95. The lowest BCUT2D eigenvalue weighted by Gasteiger charge is -2.63. The first kappa shape index (κ1) is 16.1. The molecule has 4 aliphatic rings. The molecule has 0 radical (unpaired) electrons. The van der Waals surface area contributed by atoms with Crippen molar-refractivity contribution >= 4 is 5.78 Å². The van der Waals surface area contributed by atoms with Crippen LogP contribution in [-0.2, 0) is 9.53 Å². The molecule has 130 valence electrons. The van der Waals surface area contributed by atoms with Crippen LogP contribution in [-0.4, -0.2) is 19.5 Å². The summed E-state index contributed by atoms with van der Waals surface area (Å²) in [6.45, 7) is 8.00. The molecule has 23 heavy (non-hydrogen) atoms. The van der Waals surface area contributed by atoms with Crippen LogP contribution in [0.15, 0.2) is 0 Å². The first-order valence-electron chi connectivity index (χ1n) is 9.86. The van der Waals surface area contributed by atoms with Crippen LogP contribution >= 0.6 is 0 Å². The van der Waals surface area contributed by atoms with Crippen molar-refractivity contribution in [1.82, 2.24) is 0 Å². The first-order chi connectivity index (χ1) is 10.8. The van der Waals surface area contributed by atoms with Gasteiger partial charge in [-0.05, 0) is 79.4 Å². The van der Waals surface area contributed by atoms with Crippen molar-refractivity contribution in [1.29, 1.82) is 0 Å². The second kappa shape index (κ2) is 5.07. The third kappa shape index (κ3) is 2.06. The van der Waals surface area contributed by atoms with Gasteiger partial charge in [-0.3, -0.25) is 4.79 Å². The number of fused-ring (bicyclic) bond motifs is 3. The van der Waals surface area contributed by atoms with E-state index in [2.05, 4.69) is 20.8 Å². The Hall–Kier alpha value is -0.370. The van der Waals surface area contributed by atoms with Crippen LogP contribution < -0.4 is 0 Å². The third-order valence-electron chi connectivity index (χ3n) is 8.95. The number of carbonyl (C=O) groups excluding carboxylic acids is 1. The van der Waals surface area contributed by atoms with E-state index < -0.39 is 0 Å². The smallest absolute Gasteiger partial charge is 0.138 e. The molecule has 4 aliphatic carbocycles. The fourth-order valence-corrected chi connectivity index (χ4v) is 8.02. The predicted octanol–water partition coefficient (Wildman–Crippen LogP) is 4.86. The topological polar surface area (TPSA) is 26.3 Å². The Bertz CT molecular complexity index is 510. The number of hydrogen-bond acceptors (Lipinski definition) is 2. The van der Waals surface area contributed by atoms with Gasteiger partial charge in [-0.25, -0.2) is 0 Å². The molecule has 0 unspecified atom stereocenters. The Morgan fingerprint density at radius 3 is 2.57 bits per heavy atom. The molecule has 0 aromatic rings. The molecule has 0 aromatic carbocycles. The molecule has 0 aromatic heterocycles. The first-order valence-corrected chi connectivity index (χ1v) is 9.86. The molecule has 4 saturated carbocycles. The summed E-state index contributed by atoms with van der Waals surface area (Å²) < 4.78 is 5.54. The maximum atomic E-state index is 12.6. The fraction of sp³-hybridized carbons (Fsp3) is 0.952. The lowest BCUT2D eigenvalue weighted by Crippen LogP contribution is -2.58. The highest BCUT2D eigenvalue weighted by molar-refractivity contribution is 5.85. The number of carbonyl (C=O) groups is 1. The molecule has 4 rings (SSSR count). The van der Waals surface area contributed by atoms with Crippen molar-refractivity contribution in [2.45, 2.75) is 72.1 Å². The zero-order valence-electron chi connectivity index (χ0n) is 15.5. The molecule has 0 amide bonds. The van der Waals surface area contributed by atoms with E-state index in [0.717, 1.165) is 37.2 Å². The number of ketones is 1. The monoisotopic (exact) mass is 318 g/mol.